The molecule has 0 rings (SSSR count). The van der Waals surface area contributed by atoms with Gasteiger partial charge in [0.1, 0.15) is 0 Å². The van der Waals surface area contributed by atoms with E-state index in [9.17, 15) is 9.59 Å². The zero-order valence-electron chi connectivity index (χ0n) is 28.5. The van der Waals surface area contributed by atoms with Gasteiger partial charge in [0, 0.05) is 12.8 Å². The molecule has 0 aliphatic rings. The number of unbranched alkanes of at least 4 members (excludes halogenated alkanes) is 12. The third kappa shape index (κ3) is 40.9. The predicted octanol–water partition coefficient (Wildman–Crippen LogP) is 11.4. The summed E-state index contributed by atoms with van der Waals surface area (Å²) in [6.07, 6.45) is 60.7. The summed E-state index contributed by atoms with van der Waals surface area (Å²) in [5.74, 6) is -0.431. The molecule has 2 amide bonds. The first-order chi connectivity index (χ1) is 22.1. The van der Waals surface area contributed by atoms with E-state index >= 15 is 0 Å². The molecule has 0 aromatic heterocycles. The molecule has 0 unspecified atom stereocenters. The minimum absolute atomic E-state index is 0.215. The van der Waals surface area contributed by atoms with Crippen molar-refractivity contribution < 1.29 is 9.59 Å². The van der Waals surface area contributed by atoms with Crippen LogP contribution in [0.5, 0.6) is 0 Å². The lowest BCUT2D eigenvalue weighted by Gasteiger charge is -2.01. The van der Waals surface area contributed by atoms with Crippen LogP contribution in [-0.4, -0.2) is 11.8 Å². The Morgan fingerprint density at radius 3 is 0.733 bits per heavy atom. The van der Waals surface area contributed by atoms with E-state index in [4.69, 9.17) is 11.5 Å². The Morgan fingerprint density at radius 1 is 0.289 bits per heavy atom. The number of hydrogen-bond donors (Lipinski definition) is 2. The maximum atomic E-state index is 10.7. The fraction of sp³-hybridized carbons (Fsp3) is 0.561. The summed E-state index contributed by atoms with van der Waals surface area (Å²) in [5.41, 5.74) is 10.3. The largest absolute Gasteiger partial charge is 0.370 e. The predicted molar refractivity (Wildman–Crippen MR) is 198 cm³/mol. The lowest BCUT2D eigenvalue weighted by atomic mass is 10.1. The Kier molecular flexibility index (Phi) is 34.5. The molecular formula is C41H66N2O2. The molecule has 4 nitrogen and oxygen atoms in total. The number of primary amides is 2. The highest BCUT2D eigenvalue weighted by Crippen LogP contribution is 2.12. The molecule has 0 heterocycles. The van der Waals surface area contributed by atoms with Crippen molar-refractivity contribution >= 4 is 11.8 Å². The minimum Gasteiger partial charge on any atom is -0.370 e. The number of amides is 2. The normalized spacial score (nSPS) is 12.8. The Balaban J connectivity index is 3.38. The van der Waals surface area contributed by atoms with Crippen LogP contribution >= 0.6 is 0 Å². The first kappa shape index (κ1) is 41.9. The molecular weight excluding hydrogens is 552 g/mol. The van der Waals surface area contributed by atoms with Crippen molar-refractivity contribution in [2.75, 3.05) is 0 Å². The van der Waals surface area contributed by atoms with Gasteiger partial charge >= 0.3 is 0 Å². The van der Waals surface area contributed by atoms with Gasteiger partial charge in [-0.25, -0.2) is 0 Å². The van der Waals surface area contributed by atoms with E-state index in [1.807, 2.05) is 0 Å². The van der Waals surface area contributed by atoms with Gasteiger partial charge in [-0.3, -0.25) is 9.59 Å². The molecule has 45 heavy (non-hydrogen) atoms. The number of rotatable bonds is 32. The lowest BCUT2D eigenvalue weighted by Crippen LogP contribution is -2.09. The third-order valence-corrected chi connectivity index (χ3v) is 7.30. The molecule has 0 aliphatic carbocycles. The second kappa shape index (κ2) is 37.0. The monoisotopic (exact) mass is 619 g/mol. The molecule has 0 radical (unpaired) electrons. The van der Waals surface area contributed by atoms with Crippen LogP contribution in [0.4, 0.5) is 0 Å². The van der Waals surface area contributed by atoms with E-state index in [-0.39, 0.29) is 11.8 Å². The second-order valence-corrected chi connectivity index (χ2v) is 11.7. The van der Waals surface area contributed by atoms with Gasteiger partial charge < -0.3 is 11.5 Å². The van der Waals surface area contributed by atoms with E-state index in [0.717, 1.165) is 64.2 Å². The molecule has 0 aromatic carbocycles. The number of allylic oxidation sites excluding steroid dienone is 16. The highest BCUT2D eigenvalue weighted by atomic mass is 16.1. The van der Waals surface area contributed by atoms with Gasteiger partial charge in [-0.15, -0.1) is 0 Å². The molecule has 0 saturated carbocycles. The van der Waals surface area contributed by atoms with Gasteiger partial charge in [0.05, 0.1) is 0 Å². The molecule has 0 spiro atoms. The van der Waals surface area contributed by atoms with Crippen LogP contribution in [0, 0.1) is 0 Å². The van der Waals surface area contributed by atoms with Crippen molar-refractivity contribution in [2.45, 2.75) is 148 Å². The zero-order chi connectivity index (χ0) is 32.7. The first-order valence-corrected chi connectivity index (χ1v) is 17.9. The minimum atomic E-state index is -0.215. The number of carbonyl (C=O) groups is 2. The van der Waals surface area contributed by atoms with Gasteiger partial charge in [-0.1, -0.05) is 142 Å². The van der Waals surface area contributed by atoms with Crippen LogP contribution in [-0.2, 0) is 9.59 Å². The van der Waals surface area contributed by atoms with Gasteiger partial charge in [0.25, 0.3) is 0 Å². The van der Waals surface area contributed by atoms with Crippen LogP contribution in [0.15, 0.2) is 97.2 Å². The number of hydrogen-bond acceptors (Lipinski definition) is 2. The van der Waals surface area contributed by atoms with Crippen molar-refractivity contribution in [1.29, 1.82) is 0 Å². The van der Waals surface area contributed by atoms with E-state index in [1.165, 1.54) is 70.6 Å². The Morgan fingerprint density at radius 2 is 0.489 bits per heavy atom. The lowest BCUT2D eigenvalue weighted by molar-refractivity contribution is -0.118. The molecule has 0 atom stereocenters. The van der Waals surface area contributed by atoms with E-state index in [1.54, 1.807) is 0 Å². The van der Waals surface area contributed by atoms with Gasteiger partial charge in [0.15, 0.2) is 0 Å². The van der Waals surface area contributed by atoms with Crippen LogP contribution in [0.3, 0.4) is 0 Å². The van der Waals surface area contributed by atoms with Crippen LogP contribution in [0.2, 0.25) is 0 Å². The summed E-state index contributed by atoms with van der Waals surface area (Å²) < 4.78 is 0. The average Bonchev–Trinajstić information content (AvgIpc) is 3.02. The smallest absolute Gasteiger partial charge is 0.217 e. The standard InChI is InChI=1S/C41H66N2O2/c42-40(44)38-36-34-32-30-28-26-24-22-20-18-16-14-12-10-8-6-4-2-1-3-5-7-9-11-13-15-17-19-21-23-25-27-29-31-33-35-37-39-41(43)45/h12-15,18-21,24-27,30-33H,1-11,16-17,22-23,28-29,34-39H2,(H2,42,44)(H2,43,45)/b14-12-,15-13-,20-18-,21-19-,26-24-,27-25-,32-30-,33-31-. The molecule has 4 N–H and O–H groups in total. The summed E-state index contributed by atoms with van der Waals surface area (Å²) in [7, 11) is 0. The van der Waals surface area contributed by atoms with E-state index < -0.39 is 0 Å². The summed E-state index contributed by atoms with van der Waals surface area (Å²) in [5, 5.41) is 0. The number of carbonyl (C=O) groups excluding carboxylic acids is 2. The maximum absolute atomic E-state index is 10.7. The summed E-state index contributed by atoms with van der Waals surface area (Å²) in [6, 6.07) is 0. The van der Waals surface area contributed by atoms with Crippen molar-refractivity contribution in [2.24, 2.45) is 11.5 Å². The van der Waals surface area contributed by atoms with Gasteiger partial charge in [0.2, 0.25) is 11.8 Å². The first-order valence-electron chi connectivity index (χ1n) is 17.9. The molecule has 0 aliphatic heterocycles. The van der Waals surface area contributed by atoms with Crippen molar-refractivity contribution in [3.8, 4) is 0 Å². The molecule has 0 aromatic rings. The van der Waals surface area contributed by atoms with E-state index in [2.05, 4.69) is 97.2 Å². The summed E-state index contributed by atoms with van der Waals surface area (Å²) in [6.45, 7) is 0. The van der Waals surface area contributed by atoms with Gasteiger partial charge in [-0.05, 0) is 89.9 Å². The van der Waals surface area contributed by atoms with Crippen molar-refractivity contribution in [3.05, 3.63) is 97.2 Å². The Hall–Kier alpha value is -3.14. The quantitative estimate of drug-likeness (QED) is 0.0580. The van der Waals surface area contributed by atoms with Crippen LogP contribution in [0.1, 0.15) is 148 Å². The van der Waals surface area contributed by atoms with Gasteiger partial charge in [-0.2, -0.15) is 0 Å². The van der Waals surface area contributed by atoms with Crippen LogP contribution in [0.25, 0.3) is 0 Å². The summed E-state index contributed by atoms with van der Waals surface area (Å²) in [4.78, 5) is 21.3. The molecule has 4 heteroatoms. The third-order valence-electron chi connectivity index (χ3n) is 7.30. The highest BCUT2D eigenvalue weighted by Gasteiger charge is 1.93. The fourth-order valence-corrected chi connectivity index (χ4v) is 4.65. The zero-order valence-corrected chi connectivity index (χ0v) is 28.5. The maximum Gasteiger partial charge on any atom is 0.217 e. The fourth-order valence-electron chi connectivity index (χ4n) is 4.65. The average molecular weight is 619 g/mol. The van der Waals surface area contributed by atoms with Crippen LogP contribution < -0.4 is 11.5 Å². The second-order valence-electron chi connectivity index (χ2n) is 11.7. The number of nitrogens with two attached hydrogens (primary N) is 2. The SMILES string of the molecule is NC(=O)CCC/C=C\C/C=C\C/C=C\C/C=C\CCCCCCCCCCC/C=C\C/C=C\C/C=C\C/C=C\CCCC(N)=O. The topological polar surface area (TPSA) is 86.2 Å². The van der Waals surface area contributed by atoms with Crippen molar-refractivity contribution in [3.63, 3.8) is 0 Å². The van der Waals surface area contributed by atoms with E-state index in [0.29, 0.717) is 12.8 Å². The molecule has 0 saturated heterocycles. The Bertz CT molecular complexity index is 844. The molecule has 252 valence electrons. The molecule has 0 fully saturated rings. The summed E-state index contributed by atoms with van der Waals surface area (Å²) >= 11 is 0. The molecule has 0 bridgehead atoms. The highest BCUT2D eigenvalue weighted by molar-refractivity contribution is 5.73. The van der Waals surface area contributed by atoms with Crippen molar-refractivity contribution in [1.82, 2.24) is 0 Å². The Labute approximate surface area is 277 Å².